The fraction of sp³-hybridized carbons (Fsp3) is 0.238. The van der Waals surface area contributed by atoms with Crippen LogP contribution in [0.4, 0.5) is 0 Å². The van der Waals surface area contributed by atoms with Gasteiger partial charge in [0.05, 0.1) is 12.2 Å². The Morgan fingerprint density at radius 1 is 1.22 bits per heavy atom. The predicted octanol–water partition coefficient (Wildman–Crippen LogP) is 4.26. The van der Waals surface area contributed by atoms with Crippen LogP contribution >= 0.6 is 11.6 Å². The molecule has 0 bridgehead atoms. The third kappa shape index (κ3) is 4.68. The molecule has 0 fully saturated rings. The number of hydrogen-bond acceptors (Lipinski definition) is 3. The van der Waals surface area contributed by atoms with Gasteiger partial charge in [0, 0.05) is 30.1 Å². The van der Waals surface area contributed by atoms with E-state index in [9.17, 15) is 9.90 Å². The smallest absolute Gasteiger partial charge is 0.223 e. The maximum atomic E-state index is 12.9. The zero-order chi connectivity index (χ0) is 19.4. The summed E-state index contributed by atoms with van der Waals surface area (Å²) in [5.74, 6) is -0.108. The van der Waals surface area contributed by atoms with Crippen molar-refractivity contribution in [1.82, 2.24) is 15.1 Å². The SMILES string of the molecule is Cc1cc(CN(C)C(=O)C[C@@H](c2cccc(O)c2)c2ccccc2Cl)n[nH]1. The molecule has 1 atom stereocenters. The third-order valence-electron chi connectivity index (χ3n) is 4.52. The summed E-state index contributed by atoms with van der Waals surface area (Å²) in [7, 11) is 1.76. The number of nitrogens with zero attached hydrogens (tertiary/aromatic N) is 2. The number of aryl methyl sites for hydroxylation is 1. The van der Waals surface area contributed by atoms with E-state index in [-0.39, 0.29) is 24.0 Å². The number of aromatic amines is 1. The number of aromatic hydroxyl groups is 1. The lowest BCUT2D eigenvalue weighted by molar-refractivity contribution is -0.130. The molecule has 0 spiro atoms. The molecule has 2 aromatic carbocycles. The largest absolute Gasteiger partial charge is 0.508 e. The van der Waals surface area contributed by atoms with E-state index in [4.69, 9.17) is 11.6 Å². The third-order valence-corrected chi connectivity index (χ3v) is 4.86. The van der Waals surface area contributed by atoms with Crippen molar-refractivity contribution >= 4 is 17.5 Å². The molecule has 1 aromatic heterocycles. The number of H-pyrrole nitrogens is 1. The number of nitrogens with one attached hydrogen (secondary N) is 1. The fourth-order valence-electron chi connectivity index (χ4n) is 3.12. The molecule has 3 rings (SSSR count). The molecule has 6 heteroatoms. The Kier molecular flexibility index (Phi) is 5.81. The molecule has 0 saturated carbocycles. The highest BCUT2D eigenvalue weighted by atomic mass is 35.5. The van der Waals surface area contributed by atoms with Crippen molar-refractivity contribution in [1.29, 1.82) is 0 Å². The molecule has 2 N–H and O–H groups in total. The van der Waals surface area contributed by atoms with Crippen LogP contribution in [0, 0.1) is 6.92 Å². The minimum Gasteiger partial charge on any atom is -0.508 e. The molecular formula is C21H22ClN3O2. The van der Waals surface area contributed by atoms with E-state index < -0.39 is 0 Å². The van der Waals surface area contributed by atoms with Crippen LogP contribution in [-0.4, -0.2) is 33.2 Å². The van der Waals surface area contributed by atoms with Gasteiger partial charge in [-0.1, -0.05) is 41.9 Å². The molecular weight excluding hydrogens is 362 g/mol. The average Bonchev–Trinajstić information content (AvgIpc) is 3.05. The van der Waals surface area contributed by atoms with Crippen LogP contribution < -0.4 is 0 Å². The number of phenolic OH excluding ortho intramolecular Hbond substituents is 1. The summed E-state index contributed by atoms with van der Waals surface area (Å²) < 4.78 is 0. The zero-order valence-corrected chi connectivity index (χ0v) is 16.1. The van der Waals surface area contributed by atoms with Crippen molar-refractivity contribution in [3.05, 3.63) is 82.1 Å². The lowest BCUT2D eigenvalue weighted by Gasteiger charge is -2.23. The molecule has 0 aliphatic carbocycles. The summed E-state index contributed by atoms with van der Waals surface area (Å²) in [4.78, 5) is 14.5. The van der Waals surface area contributed by atoms with E-state index in [1.54, 1.807) is 30.1 Å². The van der Waals surface area contributed by atoms with Crippen LogP contribution in [0.3, 0.4) is 0 Å². The number of phenols is 1. The first-order valence-electron chi connectivity index (χ1n) is 8.72. The molecule has 140 valence electrons. The predicted molar refractivity (Wildman–Crippen MR) is 106 cm³/mol. The van der Waals surface area contributed by atoms with Gasteiger partial charge < -0.3 is 10.0 Å². The number of aromatic nitrogens is 2. The average molecular weight is 384 g/mol. The van der Waals surface area contributed by atoms with E-state index in [0.717, 1.165) is 22.5 Å². The Morgan fingerprint density at radius 3 is 2.67 bits per heavy atom. The molecule has 0 radical (unpaired) electrons. The van der Waals surface area contributed by atoms with Crippen molar-refractivity contribution in [2.24, 2.45) is 0 Å². The van der Waals surface area contributed by atoms with E-state index in [2.05, 4.69) is 10.2 Å². The molecule has 0 unspecified atom stereocenters. The van der Waals surface area contributed by atoms with Crippen molar-refractivity contribution in [2.75, 3.05) is 7.05 Å². The molecule has 0 aliphatic heterocycles. The fourth-order valence-corrected chi connectivity index (χ4v) is 3.39. The Bertz CT molecular complexity index is 938. The minimum absolute atomic E-state index is 0.0242. The summed E-state index contributed by atoms with van der Waals surface area (Å²) in [6.45, 7) is 2.35. The van der Waals surface area contributed by atoms with Gasteiger partial charge in [0.25, 0.3) is 0 Å². The van der Waals surface area contributed by atoms with Gasteiger partial charge in [-0.2, -0.15) is 5.10 Å². The lowest BCUT2D eigenvalue weighted by atomic mass is 9.88. The zero-order valence-electron chi connectivity index (χ0n) is 15.3. The van der Waals surface area contributed by atoms with Crippen LogP contribution in [0.15, 0.2) is 54.6 Å². The number of amides is 1. The van der Waals surface area contributed by atoms with Crippen molar-refractivity contribution in [2.45, 2.75) is 25.8 Å². The molecule has 0 aliphatic rings. The van der Waals surface area contributed by atoms with Crippen molar-refractivity contribution in [3.63, 3.8) is 0 Å². The lowest BCUT2D eigenvalue weighted by Crippen LogP contribution is -2.28. The second-order valence-corrected chi connectivity index (χ2v) is 7.07. The summed E-state index contributed by atoms with van der Waals surface area (Å²) >= 11 is 6.40. The molecule has 5 nitrogen and oxygen atoms in total. The van der Waals surface area contributed by atoms with Gasteiger partial charge in [-0.05, 0) is 42.3 Å². The normalized spacial score (nSPS) is 12.0. The van der Waals surface area contributed by atoms with Crippen LogP contribution in [-0.2, 0) is 11.3 Å². The Balaban J connectivity index is 1.85. The highest BCUT2D eigenvalue weighted by molar-refractivity contribution is 6.31. The van der Waals surface area contributed by atoms with Gasteiger partial charge in [-0.3, -0.25) is 9.89 Å². The van der Waals surface area contributed by atoms with Crippen LogP contribution in [0.5, 0.6) is 5.75 Å². The van der Waals surface area contributed by atoms with Gasteiger partial charge in [0.1, 0.15) is 5.75 Å². The van der Waals surface area contributed by atoms with E-state index in [0.29, 0.717) is 11.6 Å². The van der Waals surface area contributed by atoms with E-state index in [1.165, 1.54) is 0 Å². The minimum atomic E-state index is -0.248. The number of carbonyl (C=O) groups excluding carboxylic acids is 1. The van der Waals surface area contributed by atoms with Crippen LogP contribution in [0.2, 0.25) is 5.02 Å². The Morgan fingerprint density at radius 2 is 2.00 bits per heavy atom. The van der Waals surface area contributed by atoms with E-state index in [1.807, 2.05) is 43.3 Å². The summed E-state index contributed by atoms with van der Waals surface area (Å²) in [6.07, 6.45) is 0.243. The highest BCUT2D eigenvalue weighted by Crippen LogP contribution is 2.34. The standard InChI is InChI=1S/C21H22ClN3O2/c1-14-10-16(24-23-14)13-25(2)21(27)12-19(15-6-5-7-17(26)11-15)18-8-3-4-9-20(18)22/h3-11,19,26H,12-13H2,1-2H3,(H,23,24)/t19-/m0/s1. The first kappa shape index (κ1) is 19.0. The van der Waals surface area contributed by atoms with Crippen molar-refractivity contribution in [3.8, 4) is 5.75 Å². The second-order valence-electron chi connectivity index (χ2n) is 6.67. The van der Waals surface area contributed by atoms with Crippen LogP contribution in [0.25, 0.3) is 0 Å². The molecule has 0 saturated heterocycles. The quantitative estimate of drug-likeness (QED) is 0.668. The first-order valence-corrected chi connectivity index (χ1v) is 9.10. The van der Waals surface area contributed by atoms with Gasteiger partial charge in [0.15, 0.2) is 0 Å². The van der Waals surface area contributed by atoms with E-state index >= 15 is 0 Å². The summed E-state index contributed by atoms with van der Waals surface area (Å²) in [5, 5.41) is 17.6. The monoisotopic (exact) mass is 383 g/mol. The maximum Gasteiger partial charge on any atom is 0.223 e. The number of hydrogen-bond donors (Lipinski definition) is 2. The number of rotatable bonds is 6. The second kappa shape index (κ2) is 8.27. The van der Waals surface area contributed by atoms with Crippen LogP contribution in [0.1, 0.15) is 34.9 Å². The maximum absolute atomic E-state index is 12.9. The highest BCUT2D eigenvalue weighted by Gasteiger charge is 2.23. The first-order chi connectivity index (χ1) is 12.9. The molecule has 3 aromatic rings. The number of halogens is 1. The number of carbonyl (C=O) groups is 1. The van der Waals surface area contributed by atoms with Gasteiger partial charge in [-0.15, -0.1) is 0 Å². The van der Waals surface area contributed by atoms with Gasteiger partial charge in [0.2, 0.25) is 5.91 Å². The topological polar surface area (TPSA) is 69.2 Å². The van der Waals surface area contributed by atoms with Crippen molar-refractivity contribution < 1.29 is 9.90 Å². The van der Waals surface area contributed by atoms with Gasteiger partial charge >= 0.3 is 0 Å². The Hall–Kier alpha value is -2.79. The molecule has 1 heterocycles. The number of benzene rings is 2. The molecule has 27 heavy (non-hydrogen) atoms. The summed E-state index contributed by atoms with van der Waals surface area (Å²) in [6, 6.07) is 16.4. The summed E-state index contributed by atoms with van der Waals surface area (Å²) in [5.41, 5.74) is 3.48. The van der Waals surface area contributed by atoms with Gasteiger partial charge in [-0.25, -0.2) is 0 Å². The Labute approximate surface area is 163 Å². The molecule has 1 amide bonds.